The number of benzene rings is 3. The van der Waals surface area contributed by atoms with Crippen LogP contribution in [0.3, 0.4) is 0 Å². The minimum absolute atomic E-state index is 0.195. The van der Waals surface area contributed by atoms with Gasteiger partial charge in [-0.25, -0.2) is 0 Å². The lowest BCUT2D eigenvalue weighted by Crippen LogP contribution is -2.57. The van der Waals surface area contributed by atoms with Crippen LogP contribution in [0.1, 0.15) is 29.7 Å². The quantitative estimate of drug-likeness (QED) is 0.390. The van der Waals surface area contributed by atoms with E-state index in [1.807, 2.05) is 111 Å². The first-order valence-corrected chi connectivity index (χ1v) is 16.0. The number of anilines is 1. The van der Waals surface area contributed by atoms with Crippen molar-refractivity contribution in [1.82, 2.24) is 9.80 Å². The smallest absolute Gasteiger partial charge is 0.253 e. The molecule has 236 valence electrons. The average molecular weight is 638 g/mol. The summed E-state index contributed by atoms with van der Waals surface area (Å²) in [5.74, 6) is -2.92. The number of hydrogen-bond acceptors (Lipinski definition) is 5. The van der Waals surface area contributed by atoms with E-state index < -0.39 is 47.6 Å². The molecule has 46 heavy (non-hydrogen) atoms. The highest BCUT2D eigenvalue weighted by Gasteiger charge is 2.75. The van der Waals surface area contributed by atoms with Crippen molar-refractivity contribution in [3.8, 4) is 0 Å². The van der Waals surface area contributed by atoms with Gasteiger partial charge in [-0.3, -0.25) is 14.4 Å². The zero-order valence-corrected chi connectivity index (χ0v) is 26.5. The molecule has 0 radical (unpaired) electrons. The summed E-state index contributed by atoms with van der Waals surface area (Å²) in [5, 5.41) is 11.2. The van der Waals surface area contributed by atoms with Crippen LogP contribution in [0.15, 0.2) is 103 Å². The van der Waals surface area contributed by atoms with Gasteiger partial charge in [0.2, 0.25) is 11.8 Å². The molecule has 1 N–H and O–H groups in total. The second-order valence-electron chi connectivity index (χ2n) is 12.7. The molecule has 3 aromatic rings. The molecule has 1 unspecified atom stereocenters. The van der Waals surface area contributed by atoms with E-state index in [0.717, 1.165) is 11.1 Å². The Morgan fingerprint density at radius 2 is 1.57 bits per heavy atom. The first-order chi connectivity index (χ1) is 22.2. The van der Waals surface area contributed by atoms with Gasteiger partial charge in [0.05, 0.1) is 40.8 Å². The predicted molar refractivity (Wildman–Crippen MR) is 175 cm³/mol. The Morgan fingerprint density at radius 3 is 2.26 bits per heavy atom. The van der Waals surface area contributed by atoms with Crippen molar-refractivity contribution in [3.63, 3.8) is 0 Å². The molecule has 0 aromatic heterocycles. The largest absolute Gasteiger partial charge is 0.394 e. The first-order valence-electron chi connectivity index (χ1n) is 15.6. The van der Waals surface area contributed by atoms with E-state index in [0.29, 0.717) is 29.4 Å². The van der Waals surface area contributed by atoms with Crippen LogP contribution in [-0.2, 0) is 25.7 Å². The Morgan fingerprint density at radius 1 is 0.870 bits per heavy atom. The van der Waals surface area contributed by atoms with Gasteiger partial charge in [-0.15, -0.1) is 0 Å². The first kappa shape index (κ1) is 30.4. The standard InChI is InChI=1S/C37H36ClN3O5/c1-24-12-9-17-27(38)31(24)40-21-11-19-37-30(34(44)41(32(37)35(40)45)28(23-42)26-15-7-4-8-16-26)29-33(43)39(20-10-18-36(29,2)46-37)22-25-13-5-3-6-14-25/h3-19,28-30,32,42H,20-23H2,1-2H3/t28-,29+,30+,32?,36-,37+/m1/s1. The summed E-state index contributed by atoms with van der Waals surface area (Å²) in [7, 11) is 0. The second-order valence-corrected chi connectivity index (χ2v) is 13.1. The maximum absolute atomic E-state index is 15.0. The number of carbonyl (C=O) groups is 3. The Balaban J connectivity index is 1.38. The Hall–Kier alpha value is -4.24. The summed E-state index contributed by atoms with van der Waals surface area (Å²) >= 11 is 6.70. The molecule has 6 atom stereocenters. The number of fused-ring (bicyclic) bond motifs is 2. The zero-order chi connectivity index (χ0) is 32.2. The van der Waals surface area contributed by atoms with Crippen molar-refractivity contribution in [3.05, 3.63) is 125 Å². The van der Waals surface area contributed by atoms with Gasteiger partial charge in [-0.2, -0.15) is 0 Å². The van der Waals surface area contributed by atoms with Gasteiger partial charge in [0.15, 0.2) is 0 Å². The third-order valence-electron chi connectivity index (χ3n) is 9.95. The van der Waals surface area contributed by atoms with Crippen molar-refractivity contribution < 1.29 is 24.2 Å². The minimum atomic E-state index is -1.48. The predicted octanol–water partition coefficient (Wildman–Crippen LogP) is 4.85. The fourth-order valence-corrected chi connectivity index (χ4v) is 8.31. The summed E-state index contributed by atoms with van der Waals surface area (Å²) in [6, 6.07) is 22.3. The number of aryl methyl sites for hydroxylation is 1. The molecule has 2 saturated heterocycles. The maximum atomic E-state index is 15.0. The number of aliphatic hydroxyl groups is 1. The fourth-order valence-electron chi connectivity index (χ4n) is 7.99. The monoisotopic (exact) mass is 637 g/mol. The summed E-state index contributed by atoms with van der Waals surface area (Å²) in [6.07, 6.45) is 7.44. The minimum Gasteiger partial charge on any atom is -0.394 e. The van der Waals surface area contributed by atoms with Gasteiger partial charge in [0, 0.05) is 19.6 Å². The van der Waals surface area contributed by atoms with E-state index >= 15 is 4.79 Å². The second kappa shape index (κ2) is 11.5. The van der Waals surface area contributed by atoms with Gasteiger partial charge < -0.3 is 24.5 Å². The molecule has 4 aliphatic heterocycles. The number of likely N-dealkylation sites (tertiary alicyclic amines) is 1. The topological polar surface area (TPSA) is 90.4 Å². The van der Waals surface area contributed by atoms with E-state index in [4.69, 9.17) is 16.3 Å². The Bertz CT molecular complexity index is 1730. The van der Waals surface area contributed by atoms with Crippen LogP contribution >= 0.6 is 11.6 Å². The number of carbonyl (C=O) groups excluding carboxylic acids is 3. The van der Waals surface area contributed by atoms with Gasteiger partial charge in [-0.05, 0) is 36.6 Å². The fraction of sp³-hybridized carbons (Fsp3) is 0.324. The van der Waals surface area contributed by atoms with E-state index in [1.54, 1.807) is 15.9 Å². The Kier molecular flexibility index (Phi) is 7.62. The molecule has 0 aliphatic carbocycles. The normalized spacial score (nSPS) is 29.3. The van der Waals surface area contributed by atoms with Crippen LogP contribution in [0.4, 0.5) is 5.69 Å². The highest BCUT2D eigenvalue weighted by Crippen LogP contribution is 2.59. The van der Waals surface area contributed by atoms with Gasteiger partial charge >= 0.3 is 0 Å². The zero-order valence-electron chi connectivity index (χ0n) is 25.8. The van der Waals surface area contributed by atoms with Crippen LogP contribution in [0.25, 0.3) is 0 Å². The molecule has 0 bridgehead atoms. The molecule has 3 aromatic carbocycles. The lowest BCUT2D eigenvalue weighted by atomic mass is 9.74. The van der Waals surface area contributed by atoms with Crippen molar-refractivity contribution in [2.75, 3.05) is 24.6 Å². The van der Waals surface area contributed by atoms with Crippen molar-refractivity contribution in [2.24, 2.45) is 11.8 Å². The van der Waals surface area contributed by atoms with Gasteiger partial charge in [0.1, 0.15) is 11.6 Å². The molecule has 3 amide bonds. The molecule has 7 rings (SSSR count). The third kappa shape index (κ3) is 4.62. The number of hydrogen-bond donors (Lipinski definition) is 1. The summed E-state index contributed by atoms with van der Waals surface area (Å²) < 4.78 is 7.00. The number of halogens is 1. The van der Waals surface area contributed by atoms with Crippen LogP contribution in [-0.4, -0.2) is 69.6 Å². The molecule has 4 aliphatic rings. The lowest BCUT2D eigenvalue weighted by Gasteiger charge is -2.40. The van der Waals surface area contributed by atoms with Gasteiger partial charge in [-0.1, -0.05) is 109 Å². The van der Waals surface area contributed by atoms with Crippen LogP contribution in [0, 0.1) is 18.8 Å². The number of rotatable bonds is 6. The van der Waals surface area contributed by atoms with E-state index in [9.17, 15) is 14.7 Å². The van der Waals surface area contributed by atoms with Crippen molar-refractivity contribution >= 4 is 35.0 Å². The lowest BCUT2D eigenvalue weighted by molar-refractivity contribution is -0.151. The molecule has 4 heterocycles. The molecule has 8 nitrogen and oxygen atoms in total. The molecular formula is C37H36ClN3O5. The SMILES string of the molecule is Cc1cccc(Cl)c1N1CC=C[C@]23O[C@]4(C)C=CCN(Cc5ccccc5)C(=O)[C@@H]4[C@H]2C(=O)N([C@H](CO)c2ccccc2)C3C1=O. The summed E-state index contributed by atoms with van der Waals surface area (Å²) in [4.78, 5) is 49.4. The highest BCUT2D eigenvalue weighted by atomic mass is 35.5. The number of nitrogens with zero attached hydrogens (tertiary/aromatic N) is 3. The summed E-state index contributed by atoms with van der Waals surface area (Å²) in [6.45, 7) is 4.22. The number of amides is 3. The van der Waals surface area contributed by atoms with Crippen molar-refractivity contribution in [2.45, 2.75) is 43.7 Å². The molecule has 1 spiro atoms. The average Bonchev–Trinajstić information content (AvgIpc) is 3.32. The van der Waals surface area contributed by atoms with E-state index in [-0.39, 0.29) is 18.4 Å². The van der Waals surface area contributed by atoms with Crippen LogP contribution in [0.5, 0.6) is 0 Å². The van der Waals surface area contributed by atoms with E-state index in [2.05, 4.69) is 0 Å². The summed E-state index contributed by atoms with van der Waals surface area (Å²) in [5.41, 5.74) is 0.368. The third-order valence-corrected chi connectivity index (χ3v) is 10.3. The molecule has 0 saturated carbocycles. The van der Waals surface area contributed by atoms with Crippen molar-refractivity contribution in [1.29, 1.82) is 0 Å². The maximum Gasteiger partial charge on any atom is 0.253 e. The molecular weight excluding hydrogens is 602 g/mol. The number of para-hydroxylation sites is 1. The van der Waals surface area contributed by atoms with Crippen LogP contribution < -0.4 is 4.90 Å². The van der Waals surface area contributed by atoms with E-state index in [1.165, 1.54) is 4.90 Å². The molecule has 2 fully saturated rings. The molecule has 9 heteroatoms. The van der Waals surface area contributed by atoms with Gasteiger partial charge in [0.25, 0.3) is 5.91 Å². The van der Waals surface area contributed by atoms with Crippen LogP contribution in [0.2, 0.25) is 5.02 Å². The number of aliphatic hydroxyl groups excluding tert-OH is 1. The Labute approximate surface area is 273 Å². The number of ether oxygens (including phenoxy) is 1. The highest BCUT2D eigenvalue weighted by molar-refractivity contribution is 6.34.